The van der Waals surface area contributed by atoms with Crippen molar-refractivity contribution in [2.75, 3.05) is 20.3 Å². The lowest BCUT2D eigenvalue weighted by Crippen LogP contribution is -2.11. The molecule has 0 fully saturated rings. The molecule has 6 heteroatoms. The highest BCUT2D eigenvalue weighted by molar-refractivity contribution is 9.10. The van der Waals surface area contributed by atoms with Crippen LogP contribution in [-0.2, 0) is 0 Å². The minimum absolute atomic E-state index is 0.123. The van der Waals surface area contributed by atoms with E-state index in [0.717, 1.165) is 11.3 Å². The fourth-order valence-electron chi connectivity index (χ4n) is 2.24. The molecule has 0 amide bonds. The molecule has 24 heavy (non-hydrogen) atoms. The highest BCUT2D eigenvalue weighted by Crippen LogP contribution is 2.36. The van der Waals surface area contributed by atoms with Crippen LogP contribution in [0.15, 0.2) is 34.8 Å². The average molecular weight is 395 g/mol. The van der Waals surface area contributed by atoms with Gasteiger partial charge in [-0.3, -0.25) is 0 Å². The number of benzene rings is 2. The lowest BCUT2D eigenvalue weighted by molar-refractivity contribution is 0.0696. The Hall–Kier alpha value is -2.21. The van der Waals surface area contributed by atoms with Crippen molar-refractivity contribution >= 4 is 21.9 Å². The molecule has 0 aromatic heterocycles. The van der Waals surface area contributed by atoms with E-state index in [9.17, 15) is 4.79 Å². The lowest BCUT2D eigenvalue weighted by Gasteiger charge is -2.14. The van der Waals surface area contributed by atoms with Crippen LogP contribution >= 0.6 is 15.9 Å². The maximum absolute atomic E-state index is 11.1. The third kappa shape index (κ3) is 4.41. The van der Waals surface area contributed by atoms with Crippen LogP contribution in [-0.4, -0.2) is 31.4 Å². The van der Waals surface area contributed by atoms with Crippen molar-refractivity contribution in [3.63, 3.8) is 0 Å². The Morgan fingerprint density at radius 1 is 1.08 bits per heavy atom. The first-order valence-electron chi connectivity index (χ1n) is 7.36. The quantitative estimate of drug-likeness (QED) is 0.711. The van der Waals surface area contributed by atoms with E-state index >= 15 is 0 Å². The minimum atomic E-state index is -1.03. The number of hydrogen-bond acceptors (Lipinski definition) is 4. The van der Waals surface area contributed by atoms with Crippen LogP contribution in [0.25, 0.3) is 0 Å². The molecular formula is C18H19BrO5. The molecule has 0 saturated heterocycles. The molecule has 128 valence electrons. The van der Waals surface area contributed by atoms with Crippen molar-refractivity contribution in [3.8, 4) is 17.2 Å². The normalized spacial score (nSPS) is 10.3. The maximum atomic E-state index is 11.1. The van der Waals surface area contributed by atoms with E-state index in [2.05, 4.69) is 22.0 Å². The van der Waals surface area contributed by atoms with Gasteiger partial charge in [-0.05, 0) is 53.5 Å². The molecule has 2 aromatic rings. The molecule has 0 saturated carbocycles. The predicted molar refractivity (Wildman–Crippen MR) is 94.6 cm³/mol. The molecule has 0 radical (unpaired) electrons. The number of hydrogen-bond donors (Lipinski definition) is 1. The van der Waals surface area contributed by atoms with Gasteiger partial charge in [0, 0.05) is 0 Å². The number of methoxy groups -OCH3 is 1. The van der Waals surface area contributed by atoms with Gasteiger partial charge < -0.3 is 19.3 Å². The van der Waals surface area contributed by atoms with Gasteiger partial charge in [0.2, 0.25) is 0 Å². The highest BCUT2D eigenvalue weighted by atomic mass is 79.9. The highest BCUT2D eigenvalue weighted by Gasteiger charge is 2.15. The number of aryl methyl sites for hydroxylation is 2. The van der Waals surface area contributed by atoms with E-state index in [-0.39, 0.29) is 5.56 Å². The van der Waals surface area contributed by atoms with Crippen molar-refractivity contribution in [2.24, 2.45) is 0 Å². The minimum Gasteiger partial charge on any atom is -0.493 e. The standard InChI is InChI=1S/C18H19BrO5/c1-11-4-5-15(12(2)8-11)23-6-7-24-17-14(19)9-13(18(20)21)10-16(17)22-3/h4-5,8-10H,6-7H2,1-3H3,(H,20,21). The van der Waals surface area contributed by atoms with E-state index in [0.29, 0.717) is 29.2 Å². The van der Waals surface area contributed by atoms with E-state index in [1.54, 1.807) is 0 Å². The van der Waals surface area contributed by atoms with E-state index in [1.165, 1.54) is 24.8 Å². The smallest absolute Gasteiger partial charge is 0.335 e. The maximum Gasteiger partial charge on any atom is 0.335 e. The van der Waals surface area contributed by atoms with Gasteiger partial charge in [-0.15, -0.1) is 0 Å². The number of aromatic carboxylic acids is 1. The van der Waals surface area contributed by atoms with Crippen molar-refractivity contribution in [2.45, 2.75) is 13.8 Å². The van der Waals surface area contributed by atoms with Gasteiger partial charge in [-0.2, -0.15) is 0 Å². The summed E-state index contributed by atoms with van der Waals surface area (Å²) in [5.74, 6) is 0.593. The summed E-state index contributed by atoms with van der Waals surface area (Å²) in [4.78, 5) is 11.1. The molecule has 5 nitrogen and oxygen atoms in total. The fourth-order valence-corrected chi connectivity index (χ4v) is 2.80. The summed E-state index contributed by atoms with van der Waals surface area (Å²) >= 11 is 3.31. The van der Waals surface area contributed by atoms with Crippen molar-refractivity contribution in [1.82, 2.24) is 0 Å². The van der Waals surface area contributed by atoms with Crippen molar-refractivity contribution in [3.05, 3.63) is 51.5 Å². The molecule has 1 N–H and O–H groups in total. The number of carboxylic acids is 1. The second-order valence-corrected chi connectivity index (χ2v) is 6.11. The van der Waals surface area contributed by atoms with E-state index in [1.807, 2.05) is 26.0 Å². The first-order valence-corrected chi connectivity index (χ1v) is 8.15. The van der Waals surface area contributed by atoms with Gasteiger partial charge >= 0.3 is 5.97 Å². The van der Waals surface area contributed by atoms with Gasteiger partial charge in [0.25, 0.3) is 0 Å². The molecule has 0 aliphatic heterocycles. The molecule has 0 unspecified atom stereocenters. The zero-order chi connectivity index (χ0) is 17.7. The Morgan fingerprint density at radius 3 is 2.42 bits per heavy atom. The molecule has 0 spiro atoms. The number of carbonyl (C=O) groups is 1. The number of ether oxygens (including phenoxy) is 3. The van der Waals surface area contributed by atoms with Crippen LogP contribution in [0, 0.1) is 13.8 Å². The molecule has 2 aromatic carbocycles. The van der Waals surface area contributed by atoms with Crippen LogP contribution in [0.3, 0.4) is 0 Å². The largest absolute Gasteiger partial charge is 0.493 e. The molecule has 0 aliphatic rings. The summed E-state index contributed by atoms with van der Waals surface area (Å²) in [6, 6.07) is 8.88. The van der Waals surface area contributed by atoms with Crippen LogP contribution < -0.4 is 14.2 Å². The van der Waals surface area contributed by atoms with E-state index < -0.39 is 5.97 Å². The molecule has 0 heterocycles. The summed E-state index contributed by atoms with van der Waals surface area (Å²) in [7, 11) is 1.46. The molecular weight excluding hydrogens is 376 g/mol. The molecule has 0 atom stereocenters. The summed E-state index contributed by atoms with van der Waals surface area (Å²) in [5.41, 5.74) is 2.38. The van der Waals surface area contributed by atoms with E-state index in [4.69, 9.17) is 19.3 Å². The Labute approximate surface area is 149 Å². The first kappa shape index (κ1) is 18.1. The van der Waals surface area contributed by atoms with Crippen LogP contribution in [0.4, 0.5) is 0 Å². The second-order valence-electron chi connectivity index (χ2n) is 5.26. The Kier molecular flexibility index (Phi) is 6.09. The Morgan fingerprint density at radius 2 is 1.79 bits per heavy atom. The number of carboxylic acid groups (broad SMARTS) is 1. The second kappa shape index (κ2) is 8.06. The summed E-state index contributed by atoms with van der Waals surface area (Å²) in [5, 5.41) is 9.07. The fraction of sp³-hybridized carbons (Fsp3) is 0.278. The number of rotatable bonds is 7. The molecule has 0 bridgehead atoms. The van der Waals surface area contributed by atoms with Crippen LogP contribution in [0.2, 0.25) is 0 Å². The SMILES string of the molecule is COc1cc(C(=O)O)cc(Br)c1OCCOc1ccc(C)cc1C. The molecule has 2 rings (SSSR count). The monoisotopic (exact) mass is 394 g/mol. The van der Waals surface area contributed by atoms with Crippen LogP contribution in [0.5, 0.6) is 17.2 Å². The number of halogens is 1. The van der Waals surface area contributed by atoms with Gasteiger partial charge in [0.1, 0.15) is 19.0 Å². The van der Waals surface area contributed by atoms with Crippen LogP contribution in [0.1, 0.15) is 21.5 Å². The zero-order valence-corrected chi connectivity index (χ0v) is 15.3. The summed E-state index contributed by atoms with van der Waals surface area (Å²) in [6.45, 7) is 4.69. The average Bonchev–Trinajstić information content (AvgIpc) is 2.53. The predicted octanol–water partition coefficient (Wildman–Crippen LogP) is 4.23. The molecule has 0 aliphatic carbocycles. The third-order valence-corrected chi connectivity index (χ3v) is 3.98. The Balaban J connectivity index is 2.00. The lowest BCUT2D eigenvalue weighted by atomic mass is 10.1. The third-order valence-electron chi connectivity index (χ3n) is 3.39. The van der Waals surface area contributed by atoms with Gasteiger partial charge in [0.15, 0.2) is 11.5 Å². The summed E-state index contributed by atoms with van der Waals surface area (Å²) < 4.78 is 17.1. The topological polar surface area (TPSA) is 65.0 Å². The van der Waals surface area contributed by atoms with Gasteiger partial charge in [-0.1, -0.05) is 17.7 Å². The first-order chi connectivity index (χ1) is 11.4. The summed E-state index contributed by atoms with van der Waals surface area (Å²) in [6.07, 6.45) is 0. The van der Waals surface area contributed by atoms with Crippen molar-refractivity contribution < 1.29 is 24.1 Å². The van der Waals surface area contributed by atoms with Crippen molar-refractivity contribution in [1.29, 1.82) is 0 Å². The Bertz CT molecular complexity index is 742. The zero-order valence-electron chi connectivity index (χ0n) is 13.8. The van der Waals surface area contributed by atoms with Gasteiger partial charge in [-0.25, -0.2) is 4.79 Å². The van der Waals surface area contributed by atoms with Gasteiger partial charge in [0.05, 0.1) is 17.1 Å².